The van der Waals surface area contributed by atoms with Gasteiger partial charge >= 0.3 is 0 Å². The molecule has 1 aromatic heterocycles. The van der Waals surface area contributed by atoms with Crippen LogP contribution in [0.2, 0.25) is 0 Å². The predicted octanol–water partition coefficient (Wildman–Crippen LogP) is 3.19. The van der Waals surface area contributed by atoms with Gasteiger partial charge in [0.25, 0.3) is 0 Å². The van der Waals surface area contributed by atoms with Gasteiger partial charge in [0.2, 0.25) is 0 Å². The Labute approximate surface area is 126 Å². The average Bonchev–Trinajstić information content (AvgIpc) is 3.07. The molecule has 1 aliphatic rings. The molecule has 2 aromatic rings. The first-order valence-electron chi connectivity index (χ1n) is 7.69. The second-order valence-corrected chi connectivity index (χ2v) is 5.60. The van der Waals surface area contributed by atoms with Gasteiger partial charge in [-0.3, -0.25) is 4.98 Å². The molecule has 0 aliphatic carbocycles. The van der Waals surface area contributed by atoms with E-state index >= 15 is 0 Å². The van der Waals surface area contributed by atoms with E-state index in [9.17, 15) is 0 Å². The van der Waals surface area contributed by atoms with Crippen LogP contribution in [0.3, 0.4) is 0 Å². The highest BCUT2D eigenvalue weighted by atomic mass is 16.5. The van der Waals surface area contributed by atoms with E-state index in [4.69, 9.17) is 4.74 Å². The highest BCUT2D eigenvalue weighted by Gasteiger charge is 2.17. The molecule has 1 aliphatic heterocycles. The van der Waals surface area contributed by atoms with Crippen LogP contribution in [0.25, 0.3) is 0 Å². The van der Waals surface area contributed by atoms with Crippen molar-refractivity contribution in [3.8, 4) is 0 Å². The van der Waals surface area contributed by atoms with Crippen molar-refractivity contribution >= 4 is 0 Å². The number of hydrogen-bond donors (Lipinski definition) is 1. The Kier molecular flexibility index (Phi) is 4.98. The molecule has 3 heteroatoms. The Morgan fingerprint density at radius 1 is 1.10 bits per heavy atom. The van der Waals surface area contributed by atoms with Crippen LogP contribution in [0.1, 0.15) is 30.0 Å². The highest BCUT2D eigenvalue weighted by Crippen LogP contribution is 2.22. The second kappa shape index (κ2) is 7.34. The molecule has 0 radical (unpaired) electrons. The van der Waals surface area contributed by atoms with E-state index < -0.39 is 0 Å². The van der Waals surface area contributed by atoms with Gasteiger partial charge in [0.05, 0.1) is 6.04 Å². The lowest BCUT2D eigenvalue weighted by Crippen LogP contribution is -2.25. The van der Waals surface area contributed by atoms with Gasteiger partial charge in [-0.05, 0) is 48.6 Å². The SMILES string of the molecule is c1ccc(C(NCCC2CCOC2)c2ccncc2)cc1. The number of hydrogen-bond acceptors (Lipinski definition) is 3. The summed E-state index contributed by atoms with van der Waals surface area (Å²) < 4.78 is 5.45. The number of nitrogens with zero attached hydrogens (tertiary/aromatic N) is 1. The molecule has 0 amide bonds. The summed E-state index contributed by atoms with van der Waals surface area (Å²) in [5.41, 5.74) is 2.56. The molecule has 0 bridgehead atoms. The molecule has 2 heterocycles. The third-order valence-corrected chi connectivity index (χ3v) is 4.10. The summed E-state index contributed by atoms with van der Waals surface area (Å²) in [6, 6.07) is 15.0. The van der Waals surface area contributed by atoms with Gasteiger partial charge < -0.3 is 10.1 Å². The van der Waals surface area contributed by atoms with Crippen molar-refractivity contribution in [2.24, 2.45) is 5.92 Å². The maximum atomic E-state index is 5.45. The maximum Gasteiger partial charge on any atom is 0.0577 e. The maximum absolute atomic E-state index is 5.45. The van der Waals surface area contributed by atoms with Gasteiger partial charge in [-0.25, -0.2) is 0 Å². The van der Waals surface area contributed by atoms with Crippen molar-refractivity contribution < 1.29 is 4.74 Å². The summed E-state index contributed by atoms with van der Waals surface area (Å²) in [5.74, 6) is 0.714. The molecule has 1 fully saturated rings. The number of benzene rings is 1. The van der Waals surface area contributed by atoms with Crippen molar-refractivity contribution in [1.29, 1.82) is 0 Å². The van der Waals surface area contributed by atoms with Gasteiger partial charge in [0.1, 0.15) is 0 Å². The number of pyridine rings is 1. The summed E-state index contributed by atoms with van der Waals surface area (Å²) in [6.45, 7) is 2.86. The van der Waals surface area contributed by atoms with E-state index in [0.717, 1.165) is 19.8 Å². The summed E-state index contributed by atoms with van der Waals surface area (Å²) in [4.78, 5) is 4.12. The smallest absolute Gasteiger partial charge is 0.0577 e. The summed E-state index contributed by atoms with van der Waals surface area (Å²) >= 11 is 0. The summed E-state index contributed by atoms with van der Waals surface area (Å²) in [5, 5.41) is 3.70. The topological polar surface area (TPSA) is 34.1 Å². The lowest BCUT2D eigenvalue weighted by molar-refractivity contribution is 0.184. The molecule has 21 heavy (non-hydrogen) atoms. The quantitative estimate of drug-likeness (QED) is 0.883. The van der Waals surface area contributed by atoms with Gasteiger partial charge in [-0.15, -0.1) is 0 Å². The van der Waals surface area contributed by atoms with Crippen LogP contribution in [0.5, 0.6) is 0 Å². The van der Waals surface area contributed by atoms with Crippen LogP contribution in [0.15, 0.2) is 54.9 Å². The Morgan fingerprint density at radius 3 is 2.57 bits per heavy atom. The number of ether oxygens (including phenoxy) is 1. The van der Waals surface area contributed by atoms with E-state index in [1.807, 2.05) is 12.4 Å². The first kappa shape index (κ1) is 14.2. The van der Waals surface area contributed by atoms with Crippen LogP contribution in [-0.2, 0) is 4.74 Å². The number of aromatic nitrogens is 1. The Hall–Kier alpha value is -1.71. The van der Waals surface area contributed by atoms with Crippen molar-refractivity contribution in [2.75, 3.05) is 19.8 Å². The second-order valence-electron chi connectivity index (χ2n) is 5.60. The zero-order valence-corrected chi connectivity index (χ0v) is 12.2. The molecule has 110 valence electrons. The molecule has 3 nitrogen and oxygen atoms in total. The van der Waals surface area contributed by atoms with Gasteiger partial charge in [-0.2, -0.15) is 0 Å². The Balaban J connectivity index is 1.67. The third kappa shape index (κ3) is 3.90. The van der Waals surface area contributed by atoms with Crippen LogP contribution < -0.4 is 5.32 Å². The van der Waals surface area contributed by atoms with Crippen LogP contribution in [-0.4, -0.2) is 24.7 Å². The average molecular weight is 282 g/mol. The number of nitrogens with one attached hydrogen (secondary N) is 1. The molecule has 2 atom stereocenters. The van der Waals surface area contributed by atoms with E-state index in [-0.39, 0.29) is 6.04 Å². The Morgan fingerprint density at radius 2 is 1.86 bits per heavy atom. The van der Waals surface area contributed by atoms with Crippen molar-refractivity contribution in [1.82, 2.24) is 10.3 Å². The van der Waals surface area contributed by atoms with Gasteiger partial charge in [0, 0.05) is 25.6 Å². The number of rotatable bonds is 6. The minimum atomic E-state index is 0.233. The predicted molar refractivity (Wildman–Crippen MR) is 84.1 cm³/mol. The molecule has 1 N–H and O–H groups in total. The lowest BCUT2D eigenvalue weighted by Gasteiger charge is -2.20. The molecule has 0 spiro atoms. The van der Waals surface area contributed by atoms with Crippen LogP contribution in [0, 0.1) is 5.92 Å². The standard InChI is InChI=1S/C18H22N2O/c1-2-4-16(5-3-1)18(17-7-10-19-11-8-17)20-12-6-15-9-13-21-14-15/h1-5,7-8,10-11,15,18,20H,6,9,12-14H2. The fourth-order valence-electron chi connectivity index (χ4n) is 2.87. The lowest BCUT2D eigenvalue weighted by atomic mass is 9.98. The fraction of sp³-hybridized carbons (Fsp3) is 0.389. The van der Waals surface area contributed by atoms with E-state index in [1.165, 1.54) is 24.0 Å². The minimum Gasteiger partial charge on any atom is -0.381 e. The molecule has 1 aromatic carbocycles. The first-order chi connectivity index (χ1) is 10.4. The van der Waals surface area contributed by atoms with Crippen molar-refractivity contribution in [3.63, 3.8) is 0 Å². The molecule has 3 rings (SSSR count). The zero-order valence-electron chi connectivity index (χ0n) is 12.2. The normalized spacial score (nSPS) is 19.5. The van der Waals surface area contributed by atoms with Crippen molar-refractivity contribution in [2.45, 2.75) is 18.9 Å². The van der Waals surface area contributed by atoms with Gasteiger partial charge in [0.15, 0.2) is 0 Å². The zero-order chi connectivity index (χ0) is 14.3. The monoisotopic (exact) mass is 282 g/mol. The third-order valence-electron chi connectivity index (χ3n) is 4.10. The van der Waals surface area contributed by atoms with E-state index in [1.54, 1.807) is 0 Å². The molecular weight excluding hydrogens is 260 g/mol. The molecule has 0 saturated carbocycles. The molecule has 2 unspecified atom stereocenters. The molecular formula is C18H22N2O. The summed E-state index contributed by atoms with van der Waals surface area (Å²) in [6.07, 6.45) is 6.09. The van der Waals surface area contributed by atoms with E-state index in [2.05, 4.69) is 52.8 Å². The van der Waals surface area contributed by atoms with E-state index in [0.29, 0.717) is 5.92 Å². The first-order valence-corrected chi connectivity index (χ1v) is 7.69. The fourth-order valence-corrected chi connectivity index (χ4v) is 2.87. The molecule has 1 saturated heterocycles. The highest BCUT2D eigenvalue weighted by molar-refractivity contribution is 5.30. The van der Waals surface area contributed by atoms with Gasteiger partial charge in [-0.1, -0.05) is 30.3 Å². The van der Waals surface area contributed by atoms with Crippen LogP contribution in [0.4, 0.5) is 0 Å². The van der Waals surface area contributed by atoms with Crippen LogP contribution >= 0.6 is 0 Å². The minimum absolute atomic E-state index is 0.233. The largest absolute Gasteiger partial charge is 0.381 e. The Bertz CT molecular complexity index is 484. The van der Waals surface area contributed by atoms with Crippen molar-refractivity contribution in [3.05, 3.63) is 66.0 Å². The summed E-state index contributed by atoms with van der Waals surface area (Å²) in [7, 11) is 0.